The van der Waals surface area contributed by atoms with E-state index in [-0.39, 0.29) is 0 Å². The van der Waals surface area contributed by atoms with Crippen LogP contribution in [0.25, 0.3) is 11.4 Å². The summed E-state index contributed by atoms with van der Waals surface area (Å²) in [7, 11) is 0. The van der Waals surface area contributed by atoms with Crippen LogP contribution in [0.4, 0.5) is 0 Å². The Morgan fingerprint density at radius 3 is 2.69 bits per heavy atom. The molecule has 0 aliphatic rings. The molecule has 0 saturated heterocycles. The molecule has 0 unspecified atom stereocenters. The molecule has 1 heterocycles. The Kier molecular flexibility index (Phi) is 1.94. The lowest BCUT2D eigenvalue weighted by Crippen LogP contribution is -2.08. The topological polar surface area (TPSA) is 43.8 Å². The van der Waals surface area contributed by atoms with Gasteiger partial charge in [0, 0.05) is 18.0 Å². The Bertz CT molecular complexity index is 422. The number of benzene rings is 1. The van der Waals surface area contributed by atoms with Crippen molar-refractivity contribution in [2.75, 3.05) is 5.84 Å². The summed E-state index contributed by atoms with van der Waals surface area (Å²) in [6.45, 7) is 0. The maximum atomic E-state index is 5.98. The van der Waals surface area contributed by atoms with Gasteiger partial charge in [-0.1, -0.05) is 23.7 Å². The lowest BCUT2D eigenvalue weighted by molar-refractivity contribution is 1.01. The van der Waals surface area contributed by atoms with Gasteiger partial charge in [-0.25, -0.2) is 4.98 Å². The second kappa shape index (κ2) is 3.11. The highest BCUT2D eigenvalue weighted by Crippen LogP contribution is 2.24. The van der Waals surface area contributed by atoms with E-state index in [1.165, 1.54) is 4.68 Å². The summed E-state index contributed by atoms with van der Waals surface area (Å²) >= 11 is 5.98. The molecule has 0 amide bonds. The van der Waals surface area contributed by atoms with Gasteiger partial charge in [-0.2, -0.15) is 0 Å². The van der Waals surface area contributed by atoms with E-state index in [4.69, 9.17) is 17.4 Å². The van der Waals surface area contributed by atoms with Crippen LogP contribution in [0.3, 0.4) is 0 Å². The van der Waals surface area contributed by atoms with E-state index in [0.29, 0.717) is 10.8 Å². The molecule has 4 heteroatoms. The number of aromatic nitrogens is 2. The van der Waals surface area contributed by atoms with Crippen molar-refractivity contribution in [3.8, 4) is 11.4 Å². The highest BCUT2D eigenvalue weighted by Gasteiger charge is 2.06. The van der Waals surface area contributed by atoms with Crippen molar-refractivity contribution in [1.29, 1.82) is 0 Å². The Labute approximate surface area is 80.7 Å². The molecule has 0 atom stereocenters. The largest absolute Gasteiger partial charge is 0.338 e. The Morgan fingerprint density at radius 2 is 2.08 bits per heavy atom. The van der Waals surface area contributed by atoms with E-state index in [0.717, 1.165) is 5.56 Å². The molecule has 2 rings (SSSR count). The molecule has 0 saturated carbocycles. The van der Waals surface area contributed by atoms with Crippen molar-refractivity contribution >= 4 is 11.6 Å². The molecule has 0 radical (unpaired) electrons. The van der Waals surface area contributed by atoms with Crippen LogP contribution in [-0.4, -0.2) is 9.66 Å². The summed E-state index contributed by atoms with van der Waals surface area (Å²) in [5, 5.41) is 0.653. The molecule has 0 fully saturated rings. The summed E-state index contributed by atoms with van der Waals surface area (Å²) in [5.41, 5.74) is 0.844. The third-order valence-corrected chi connectivity index (χ3v) is 2.11. The number of nitrogens with two attached hydrogens (primary N) is 1. The molecular weight excluding hydrogens is 186 g/mol. The van der Waals surface area contributed by atoms with Crippen LogP contribution in [0.5, 0.6) is 0 Å². The van der Waals surface area contributed by atoms with Crippen LogP contribution in [0.2, 0.25) is 5.02 Å². The Hall–Kier alpha value is -1.48. The van der Waals surface area contributed by atoms with Gasteiger partial charge < -0.3 is 5.84 Å². The molecule has 1 aromatic heterocycles. The van der Waals surface area contributed by atoms with Gasteiger partial charge in [0.05, 0.1) is 5.02 Å². The fourth-order valence-electron chi connectivity index (χ4n) is 1.16. The van der Waals surface area contributed by atoms with Gasteiger partial charge in [-0.3, -0.25) is 4.68 Å². The van der Waals surface area contributed by atoms with Crippen LogP contribution in [0, 0.1) is 0 Å². The molecule has 2 aromatic rings. The van der Waals surface area contributed by atoms with Crippen molar-refractivity contribution in [3.05, 3.63) is 41.7 Å². The molecule has 13 heavy (non-hydrogen) atoms. The van der Waals surface area contributed by atoms with Gasteiger partial charge in [-0.05, 0) is 12.1 Å². The molecule has 0 aliphatic carbocycles. The number of halogens is 1. The molecule has 0 bridgehead atoms. The standard InChI is InChI=1S/C9H8ClN3/c10-8-4-2-1-3-7(8)9-12-5-6-13(9)11/h1-6H,11H2. The van der Waals surface area contributed by atoms with E-state index < -0.39 is 0 Å². The predicted molar refractivity (Wildman–Crippen MR) is 52.8 cm³/mol. The van der Waals surface area contributed by atoms with E-state index in [1.54, 1.807) is 12.4 Å². The second-order valence-electron chi connectivity index (χ2n) is 2.64. The summed E-state index contributed by atoms with van der Waals surface area (Å²) in [5.74, 6) is 6.31. The molecule has 0 spiro atoms. The molecule has 0 aliphatic heterocycles. The first-order valence-corrected chi connectivity index (χ1v) is 4.20. The summed E-state index contributed by atoms with van der Waals surface area (Å²) in [4.78, 5) is 4.10. The minimum Gasteiger partial charge on any atom is -0.338 e. The van der Waals surface area contributed by atoms with Gasteiger partial charge in [0.2, 0.25) is 0 Å². The van der Waals surface area contributed by atoms with E-state index >= 15 is 0 Å². The van der Waals surface area contributed by atoms with Crippen LogP contribution >= 0.6 is 11.6 Å². The summed E-state index contributed by atoms with van der Waals surface area (Å²) in [6.07, 6.45) is 3.32. The number of imidazole rings is 1. The SMILES string of the molecule is Nn1ccnc1-c1ccccc1Cl. The van der Waals surface area contributed by atoms with Crippen molar-refractivity contribution in [3.63, 3.8) is 0 Å². The van der Waals surface area contributed by atoms with Crippen molar-refractivity contribution in [2.24, 2.45) is 0 Å². The average molecular weight is 194 g/mol. The molecule has 3 nitrogen and oxygen atoms in total. The fourth-order valence-corrected chi connectivity index (χ4v) is 1.38. The highest BCUT2D eigenvalue weighted by molar-refractivity contribution is 6.33. The van der Waals surface area contributed by atoms with Crippen molar-refractivity contribution in [2.45, 2.75) is 0 Å². The Balaban J connectivity index is 2.59. The quantitative estimate of drug-likeness (QED) is 0.704. The number of nitrogens with zero attached hydrogens (tertiary/aromatic N) is 2. The minimum absolute atomic E-state index is 0.653. The van der Waals surface area contributed by atoms with Crippen molar-refractivity contribution in [1.82, 2.24) is 9.66 Å². The van der Waals surface area contributed by atoms with Gasteiger partial charge in [-0.15, -0.1) is 0 Å². The third-order valence-electron chi connectivity index (χ3n) is 1.78. The van der Waals surface area contributed by atoms with E-state index in [1.807, 2.05) is 24.3 Å². The first-order valence-electron chi connectivity index (χ1n) is 3.82. The first-order chi connectivity index (χ1) is 6.29. The van der Waals surface area contributed by atoms with E-state index in [2.05, 4.69) is 4.98 Å². The summed E-state index contributed by atoms with van der Waals surface area (Å²) < 4.78 is 1.45. The number of nitrogen functional groups attached to an aromatic ring is 1. The maximum absolute atomic E-state index is 5.98. The zero-order valence-electron chi connectivity index (χ0n) is 6.81. The normalized spacial score (nSPS) is 10.2. The monoisotopic (exact) mass is 193 g/mol. The van der Waals surface area contributed by atoms with Crippen LogP contribution < -0.4 is 5.84 Å². The van der Waals surface area contributed by atoms with Gasteiger partial charge >= 0.3 is 0 Å². The first kappa shape index (κ1) is 8.13. The lowest BCUT2D eigenvalue weighted by Gasteiger charge is -2.02. The third kappa shape index (κ3) is 1.38. The smallest absolute Gasteiger partial charge is 0.159 e. The van der Waals surface area contributed by atoms with Crippen LogP contribution in [0.15, 0.2) is 36.7 Å². The predicted octanol–water partition coefficient (Wildman–Crippen LogP) is 1.92. The van der Waals surface area contributed by atoms with Gasteiger partial charge in [0.15, 0.2) is 5.82 Å². The molecule has 1 aromatic carbocycles. The lowest BCUT2D eigenvalue weighted by atomic mass is 10.2. The average Bonchev–Trinajstić information content (AvgIpc) is 2.52. The maximum Gasteiger partial charge on any atom is 0.159 e. The van der Waals surface area contributed by atoms with Crippen molar-refractivity contribution < 1.29 is 0 Å². The summed E-state index contributed by atoms with van der Waals surface area (Å²) in [6, 6.07) is 7.46. The number of hydrogen-bond acceptors (Lipinski definition) is 2. The zero-order chi connectivity index (χ0) is 9.26. The highest BCUT2D eigenvalue weighted by atomic mass is 35.5. The second-order valence-corrected chi connectivity index (χ2v) is 3.05. The number of rotatable bonds is 1. The van der Waals surface area contributed by atoms with Gasteiger partial charge in [0.1, 0.15) is 0 Å². The molecule has 2 N–H and O–H groups in total. The number of hydrogen-bond donors (Lipinski definition) is 1. The van der Waals surface area contributed by atoms with Crippen LogP contribution in [-0.2, 0) is 0 Å². The molecule has 66 valence electrons. The Morgan fingerprint density at radius 1 is 1.31 bits per heavy atom. The molecular formula is C9H8ClN3. The zero-order valence-corrected chi connectivity index (χ0v) is 7.57. The van der Waals surface area contributed by atoms with Crippen LogP contribution in [0.1, 0.15) is 0 Å². The fraction of sp³-hybridized carbons (Fsp3) is 0. The van der Waals surface area contributed by atoms with E-state index in [9.17, 15) is 0 Å². The minimum atomic E-state index is 0.653. The van der Waals surface area contributed by atoms with Gasteiger partial charge in [0.25, 0.3) is 0 Å².